The van der Waals surface area contributed by atoms with Gasteiger partial charge < -0.3 is 20.9 Å². The molecule has 1 fully saturated rings. The van der Waals surface area contributed by atoms with Crippen LogP contribution in [0.5, 0.6) is 11.5 Å². The molecule has 0 bridgehead atoms. The van der Waals surface area contributed by atoms with E-state index in [0.29, 0.717) is 23.7 Å². The lowest BCUT2D eigenvalue weighted by Gasteiger charge is -2.35. The molecular weight excluding hydrogens is 316 g/mol. The van der Waals surface area contributed by atoms with Crippen molar-refractivity contribution in [2.45, 2.75) is 25.4 Å². The van der Waals surface area contributed by atoms with Gasteiger partial charge in [0.25, 0.3) is 0 Å². The molecule has 0 radical (unpaired) electrons. The van der Waals surface area contributed by atoms with Crippen LogP contribution in [-0.4, -0.2) is 30.8 Å². The molecule has 4 N–H and O–H groups in total. The Morgan fingerprint density at radius 2 is 2.08 bits per heavy atom. The van der Waals surface area contributed by atoms with Crippen LogP contribution >= 0.6 is 0 Å². The van der Waals surface area contributed by atoms with Crippen LogP contribution in [0.4, 0.5) is 0 Å². The van der Waals surface area contributed by atoms with E-state index < -0.39 is 0 Å². The highest BCUT2D eigenvalue weighted by Gasteiger charge is 2.35. The second kappa shape index (κ2) is 6.34. The third-order valence-electron chi connectivity index (χ3n) is 5.18. The summed E-state index contributed by atoms with van der Waals surface area (Å²) in [6.45, 7) is 2.81. The fourth-order valence-corrected chi connectivity index (χ4v) is 3.74. The molecule has 2 aliphatic heterocycles. The first-order valence-electron chi connectivity index (χ1n) is 8.68. The summed E-state index contributed by atoms with van der Waals surface area (Å²) in [5.74, 6) is 1.56. The van der Waals surface area contributed by atoms with E-state index >= 15 is 0 Å². The predicted octanol–water partition coefficient (Wildman–Crippen LogP) is 1.63. The molecule has 2 atom stereocenters. The summed E-state index contributed by atoms with van der Waals surface area (Å²) in [5, 5.41) is 9.23. The quantitative estimate of drug-likeness (QED) is 0.869. The van der Waals surface area contributed by atoms with Gasteiger partial charge in [0, 0.05) is 30.8 Å². The molecule has 1 aromatic carbocycles. The van der Waals surface area contributed by atoms with Crippen molar-refractivity contribution in [1.82, 2.24) is 4.90 Å². The van der Waals surface area contributed by atoms with Crippen LogP contribution in [0.2, 0.25) is 0 Å². The van der Waals surface area contributed by atoms with Gasteiger partial charge in [-0.15, -0.1) is 0 Å². The van der Waals surface area contributed by atoms with Gasteiger partial charge in [0.1, 0.15) is 30.4 Å². The molecule has 25 heavy (non-hydrogen) atoms. The molecule has 1 saturated heterocycles. The molecule has 0 saturated carbocycles. The molecule has 0 aromatic heterocycles. The molecule has 1 aromatic rings. The van der Waals surface area contributed by atoms with Crippen LogP contribution in [0.15, 0.2) is 41.2 Å². The van der Waals surface area contributed by atoms with Crippen molar-refractivity contribution >= 4 is 0 Å². The van der Waals surface area contributed by atoms with E-state index in [9.17, 15) is 5.26 Å². The zero-order valence-corrected chi connectivity index (χ0v) is 14.1. The van der Waals surface area contributed by atoms with Crippen molar-refractivity contribution in [3.05, 3.63) is 46.8 Å². The van der Waals surface area contributed by atoms with Crippen LogP contribution in [0, 0.1) is 17.2 Å². The van der Waals surface area contributed by atoms with Crippen molar-refractivity contribution < 1.29 is 9.47 Å². The summed E-state index contributed by atoms with van der Waals surface area (Å²) >= 11 is 0. The fourth-order valence-electron chi connectivity index (χ4n) is 3.74. The molecule has 6 nitrogen and oxygen atoms in total. The van der Waals surface area contributed by atoms with Gasteiger partial charge in [-0.2, -0.15) is 5.26 Å². The summed E-state index contributed by atoms with van der Waals surface area (Å²) in [6, 6.07) is 8.02. The van der Waals surface area contributed by atoms with Gasteiger partial charge in [-0.05, 0) is 37.0 Å². The van der Waals surface area contributed by atoms with Crippen molar-refractivity contribution in [3.8, 4) is 17.6 Å². The van der Waals surface area contributed by atoms with Gasteiger partial charge in [-0.3, -0.25) is 4.90 Å². The smallest absolute Gasteiger partial charge is 0.142 e. The highest BCUT2D eigenvalue weighted by molar-refractivity contribution is 5.51. The second-order valence-corrected chi connectivity index (χ2v) is 6.83. The van der Waals surface area contributed by atoms with Crippen LogP contribution < -0.4 is 20.9 Å². The molecule has 3 aliphatic rings. The molecule has 130 valence electrons. The van der Waals surface area contributed by atoms with E-state index in [1.807, 2.05) is 18.2 Å². The Balaban J connectivity index is 1.52. The molecular formula is C19H22N4O2. The van der Waals surface area contributed by atoms with Crippen LogP contribution in [0.25, 0.3) is 0 Å². The van der Waals surface area contributed by atoms with E-state index in [-0.39, 0.29) is 12.0 Å². The van der Waals surface area contributed by atoms with E-state index in [1.54, 1.807) is 6.08 Å². The molecule has 6 heteroatoms. The largest absolute Gasteiger partial charge is 0.485 e. The molecule has 2 heterocycles. The Labute approximate surface area is 147 Å². The molecule has 0 spiro atoms. The number of nitrogens with zero attached hydrogens (tertiary/aromatic N) is 2. The zero-order chi connectivity index (χ0) is 17.4. The van der Waals surface area contributed by atoms with Crippen LogP contribution in [0.3, 0.4) is 0 Å². The summed E-state index contributed by atoms with van der Waals surface area (Å²) in [5.41, 5.74) is 14.5. The number of fused-ring (bicyclic) bond motifs is 2. The lowest BCUT2D eigenvalue weighted by Crippen LogP contribution is -2.39. The SMILES string of the molecule is N#CC1=C(N)C2Cc3ccc(OCN4CCCC4)cc3OC2C=C1N. The third-order valence-corrected chi connectivity index (χ3v) is 5.18. The van der Waals surface area contributed by atoms with Gasteiger partial charge >= 0.3 is 0 Å². The number of likely N-dealkylation sites (tertiary alicyclic amines) is 1. The number of nitrogens with two attached hydrogens (primary N) is 2. The van der Waals surface area contributed by atoms with Crippen molar-refractivity contribution in [1.29, 1.82) is 5.26 Å². The summed E-state index contributed by atoms with van der Waals surface area (Å²) < 4.78 is 12.0. The van der Waals surface area contributed by atoms with Crippen LogP contribution in [0.1, 0.15) is 18.4 Å². The van der Waals surface area contributed by atoms with Gasteiger partial charge in [-0.25, -0.2) is 0 Å². The Bertz CT molecular complexity index is 787. The van der Waals surface area contributed by atoms with Gasteiger partial charge in [0.05, 0.1) is 11.3 Å². The lowest BCUT2D eigenvalue weighted by atomic mass is 9.82. The fraction of sp³-hybridized carbons (Fsp3) is 0.421. The number of hydrogen-bond donors (Lipinski definition) is 2. The Kier molecular flexibility index (Phi) is 4.02. The molecule has 2 unspecified atom stereocenters. The van der Waals surface area contributed by atoms with Crippen molar-refractivity contribution in [3.63, 3.8) is 0 Å². The lowest BCUT2D eigenvalue weighted by molar-refractivity contribution is 0.147. The maximum Gasteiger partial charge on any atom is 0.142 e. The topological polar surface area (TPSA) is 97.5 Å². The molecule has 1 aliphatic carbocycles. The normalized spacial score (nSPS) is 25.5. The minimum absolute atomic E-state index is 0.0502. The first-order valence-corrected chi connectivity index (χ1v) is 8.68. The standard InChI is InChI=1S/C19H22N4O2/c20-10-15-16(21)9-18-14(19(15)22)7-12-3-4-13(8-17(12)25-18)24-11-23-5-1-2-6-23/h3-4,8-9,14,18H,1-2,5-7,11,21-22H2. The van der Waals surface area contributed by atoms with Gasteiger partial charge in [0.2, 0.25) is 0 Å². The number of rotatable bonds is 3. The zero-order valence-electron chi connectivity index (χ0n) is 14.1. The summed E-state index contributed by atoms with van der Waals surface area (Å²) in [4.78, 5) is 2.30. The highest BCUT2D eigenvalue weighted by Crippen LogP contribution is 2.39. The number of hydrogen-bond acceptors (Lipinski definition) is 6. The Morgan fingerprint density at radius 1 is 1.28 bits per heavy atom. The number of ether oxygens (including phenoxy) is 2. The number of benzene rings is 1. The minimum atomic E-state index is -0.238. The van der Waals surface area contributed by atoms with Gasteiger partial charge in [-0.1, -0.05) is 6.07 Å². The predicted molar refractivity (Wildman–Crippen MR) is 93.5 cm³/mol. The average molecular weight is 338 g/mol. The highest BCUT2D eigenvalue weighted by atomic mass is 16.5. The van der Waals surface area contributed by atoms with E-state index in [1.165, 1.54) is 12.8 Å². The van der Waals surface area contributed by atoms with E-state index in [0.717, 1.165) is 36.6 Å². The van der Waals surface area contributed by atoms with Crippen molar-refractivity contribution in [2.75, 3.05) is 19.8 Å². The maximum absolute atomic E-state index is 9.23. The third kappa shape index (κ3) is 2.92. The first kappa shape index (κ1) is 15.9. The molecule has 0 amide bonds. The second-order valence-electron chi connectivity index (χ2n) is 6.83. The summed E-state index contributed by atoms with van der Waals surface area (Å²) in [6.07, 6.45) is 4.77. The van der Waals surface area contributed by atoms with E-state index in [4.69, 9.17) is 20.9 Å². The van der Waals surface area contributed by atoms with Gasteiger partial charge in [0.15, 0.2) is 0 Å². The average Bonchev–Trinajstić information content (AvgIpc) is 3.12. The first-order chi connectivity index (χ1) is 12.2. The molecule has 4 rings (SSSR count). The van der Waals surface area contributed by atoms with Crippen molar-refractivity contribution in [2.24, 2.45) is 17.4 Å². The Morgan fingerprint density at radius 3 is 2.84 bits per heavy atom. The number of nitriles is 1. The van der Waals surface area contributed by atoms with E-state index in [2.05, 4.69) is 11.0 Å². The monoisotopic (exact) mass is 338 g/mol. The van der Waals surface area contributed by atoms with Crippen LogP contribution in [-0.2, 0) is 6.42 Å². The maximum atomic E-state index is 9.23. The Hall–Kier alpha value is -2.65. The summed E-state index contributed by atoms with van der Waals surface area (Å²) in [7, 11) is 0. The minimum Gasteiger partial charge on any atom is -0.485 e. The number of allylic oxidation sites excluding steroid dienone is 1.